The van der Waals surface area contributed by atoms with Gasteiger partial charge in [0.1, 0.15) is 18.2 Å². The number of carbonyl (C=O) groups is 1. The highest BCUT2D eigenvalue weighted by Gasteiger charge is 2.20. The summed E-state index contributed by atoms with van der Waals surface area (Å²) in [6.07, 6.45) is 4.11. The van der Waals surface area contributed by atoms with Crippen molar-refractivity contribution in [1.29, 1.82) is 0 Å². The lowest BCUT2D eigenvalue weighted by atomic mass is 10.2. The van der Waals surface area contributed by atoms with E-state index >= 15 is 0 Å². The van der Waals surface area contributed by atoms with Crippen molar-refractivity contribution in [3.63, 3.8) is 0 Å². The number of hydrogen-bond donors (Lipinski definition) is 1. The SMILES string of the molecule is O=C(Nc1cc(F)ccc1OCC1CCCO1)N1CCCC1. The Morgan fingerprint density at radius 3 is 2.91 bits per heavy atom. The van der Waals surface area contributed by atoms with Crippen molar-refractivity contribution in [1.82, 2.24) is 4.90 Å². The van der Waals surface area contributed by atoms with E-state index in [-0.39, 0.29) is 12.1 Å². The second-order valence-corrected chi connectivity index (χ2v) is 5.71. The molecule has 0 bridgehead atoms. The molecule has 1 aromatic carbocycles. The van der Waals surface area contributed by atoms with Crippen molar-refractivity contribution >= 4 is 11.7 Å². The van der Waals surface area contributed by atoms with Crippen LogP contribution in [0.4, 0.5) is 14.9 Å². The van der Waals surface area contributed by atoms with Gasteiger partial charge in [0.25, 0.3) is 0 Å². The lowest BCUT2D eigenvalue weighted by Gasteiger charge is -2.19. The van der Waals surface area contributed by atoms with Gasteiger partial charge in [-0.2, -0.15) is 0 Å². The van der Waals surface area contributed by atoms with E-state index in [2.05, 4.69) is 5.32 Å². The third kappa shape index (κ3) is 3.68. The van der Waals surface area contributed by atoms with Gasteiger partial charge >= 0.3 is 6.03 Å². The van der Waals surface area contributed by atoms with Crippen LogP contribution in [-0.4, -0.2) is 43.3 Å². The molecule has 6 heteroatoms. The molecule has 0 aromatic heterocycles. The summed E-state index contributed by atoms with van der Waals surface area (Å²) in [5.74, 6) is 0.0747. The molecule has 2 aliphatic rings. The molecule has 2 amide bonds. The van der Waals surface area contributed by atoms with E-state index in [4.69, 9.17) is 9.47 Å². The minimum absolute atomic E-state index is 0.0761. The first-order valence-electron chi connectivity index (χ1n) is 7.82. The van der Waals surface area contributed by atoms with E-state index in [0.29, 0.717) is 18.0 Å². The fourth-order valence-electron chi connectivity index (χ4n) is 2.80. The predicted molar refractivity (Wildman–Crippen MR) is 80.7 cm³/mol. The summed E-state index contributed by atoms with van der Waals surface area (Å²) in [7, 11) is 0. The Bertz CT molecular complexity index is 526. The number of nitrogens with zero attached hydrogens (tertiary/aromatic N) is 1. The largest absolute Gasteiger partial charge is 0.489 e. The van der Waals surface area contributed by atoms with Crippen molar-refractivity contribution in [2.75, 3.05) is 31.6 Å². The second-order valence-electron chi connectivity index (χ2n) is 5.71. The van der Waals surface area contributed by atoms with E-state index in [9.17, 15) is 9.18 Å². The van der Waals surface area contributed by atoms with E-state index in [0.717, 1.165) is 45.4 Å². The Morgan fingerprint density at radius 1 is 1.36 bits per heavy atom. The summed E-state index contributed by atoms with van der Waals surface area (Å²) in [6.45, 7) is 2.66. The van der Waals surface area contributed by atoms with Crippen molar-refractivity contribution in [2.24, 2.45) is 0 Å². The number of ether oxygens (including phenoxy) is 2. The Hall–Kier alpha value is -1.82. The van der Waals surface area contributed by atoms with E-state index < -0.39 is 5.82 Å². The number of hydrogen-bond acceptors (Lipinski definition) is 3. The highest BCUT2D eigenvalue weighted by molar-refractivity contribution is 5.91. The minimum Gasteiger partial charge on any atom is -0.489 e. The molecule has 120 valence electrons. The molecule has 3 rings (SSSR count). The average molecular weight is 308 g/mol. The van der Waals surface area contributed by atoms with Crippen LogP contribution >= 0.6 is 0 Å². The number of urea groups is 1. The molecule has 2 saturated heterocycles. The first kappa shape index (κ1) is 15.1. The van der Waals surface area contributed by atoms with Crippen LogP contribution in [0.1, 0.15) is 25.7 Å². The summed E-state index contributed by atoms with van der Waals surface area (Å²) in [5, 5.41) is 2.75. The summed E-state index contributed by atoms with van der Waals surface area (Å²) >= 11 is 0. The van der Waals surface area contributed by atoms with Gasteiger partial charge in [0.05, 0.1) is 11.8 Å². The van der Waals surface area contributed by atoms with Gasteiger partial charge in [-0.3, -0.25) is 0 Å². The van der Waals surface area contributed by atoms with Crippen molar-refractivity contribution in [2.45, 2.75) is 31.8 Å². The lowest BCUT2D eigenvalue weighted by molar-refractivity contribution is 0.0682. The number of rotatable bonds is 4. The smallest absolute Gasteiger partial charge is 0.321 e. The van der Waals surface area contributed by atoms with Gasteiger partial charge < -0.3 is 19.7 Å². The molecule has 1 aromatic rings. The molecule has 0 radical (unpaired) electrons. The zero-order valence-corrected chi connectivity index (χ0v) is 12.5. The predicted octanol–water partition coefficient (Wildman–Crippen LogP) is 3.01. The minimum atomic E-state index is -0.402. The van der Waals surface area contributed by atoms with Gasteiger partial charge in [-0.1, -0.05) is 0 Å². The topological polar surface area (TPSA) is 50.8 Å². The van der Waals surface area contributed by atoms with Crippen molar-refractivity contribution < 1.29 is 18.7 Å². The molecule has 2 heterocycles. The molecule has 1 N–H and O–H groups in total. The molecule has 0 spiro atoms. The van der Waals surface area contributed by atoms with Crippen LogP contribution < -0.4 is 10.1 Å². The van der Waals surface area contributed by atoms with Crippen LogP contribution in [0, 0.1) is 5.82 Å². The second kappa shape index (κ2) is 6.96. The lowest BCUT2D eigenvalue weighted by Crippen LogP contribution is -2.32. The molecular weight excluding hydrogens is 287 g/mol. The fourth-order valence-corrected chi connectivity index (χ4v) is 2.80. The molecule has 1 atom stereocenters. The zero-order chi connectivity index (χ0) is 15.4. The Labute approximate surface area is 129 Å². The number of halogens is 1. The number of benzene rings is 1. The zero-order valence-electron chi connectivity index (χ0n) is 12.5. The maximum Gasteiger partial charge on any atom is 0.321 e. The Kier molecular flexibility index (Phi) is 4.77. The molecule has 2 aliphatic heterocycles. The summed E-state index contributed by atoms with van der Waals surface area (Å²) in [4.78, 5) is 13.9. The Balaban J connectivity index is 1.65. The van der Waals surface area contributed by atoms with E-state index in [1.807, 2.05) is 0 Å². The van der Waals surface area contributed by atoms with Crippen molar-refractivity contribution in [3.05, 3.63) is 24.0 Å². The molecule has 22 heavy (non-hydrogen) atoms. The molecule has 1 unspecified atom stereocenters. The van der Waals surface area contributed by atoms with Crippen LogP contribution in [-0.2, 0) is 4.74 Å². The maximum absolute atomic E-state index is 13.5. The monoisotopic (exact) mass is 308 g/mol. The highest BCUT2D eigenvalue weighted by atomic mass is 19.1. The van der Waals surface area contributed by atoms with Gasteiger partial charge in [0, 0.05) is 25.8 Å². The summed E-state index contributed by atoms with van der Waals surface area (Å²) in [6, 6.07) is 3.96. The summed E-state index contributed by atoms with van der Waals surface area (Å²) in [5.41, 5.74) is 0.370. The van der Waals surface area contributed by atoms with Crippen LogP contribution in [0.2, 0.25) is 0 Å². The van der Waals surface area contributed by atoms with E-state index in [1.54, 1.807) is 11.0 Å². The molecule has 2 fully saturated rings. The van der Waals surface area contributed by atoms with Crippen LogP contribution in [0.3, 0.4) is 0 Å². The number of carbonyl (C=O) groups excluding carboxylic acids is 1. The average Bonchev–Trinajstić information content (AvgIpc) is 3.20. The van der Waals surface area contributed by atoms with Gasteiger partial charge in [-0.05, 0) is 37.8 Å². The van der Waals surface area contributed by atoms with Gasteiger partial charge in [0.15, 0.2) is 0 Å². The van der Waals surface area contributed by atoms with Crippen LogP contribution in [0.25, 0.3) is 0 Å². The number of amides is 2. The van der Waals surface area contributed by atoms with E-state index in [1.165, 1.54) is 12.1 Å². The third-order valence-corrected chi connectivity index (χ3v) is 4.03. The maximum atomic E-state index is 13.5. The highest BCUT2D eigenvalue weighted by Crippen LogP contribution is 2.27. The Morgan fingerprint density at radius 2 is 2.18 bits per heavy atom. The first-order valence-corrected chi connectivity index (χ1v) is 7.82. The molecule has 0 aliphatic carbocycles. The first-order chi connectivity index (χ1) is 10.7. The van der Waals surface area contributed by atoms with Crippen molar-refractivity contribution in [3.8, 4) is 5.75 Å². The summed E-state index contributed by atoms with van der Waals surface area (Å²) < 4.78 is 24.7. The van der Waals surface area contributed by atoms with Crippen LogP contribution in [0.5, 0.6) is 5.75 Å². The van der Waals surface area contributed by atoms with Gasteiger partial charge in [-0.15, -0.1) is 0 Å². The normalized spacial score (nSPS) is 21.1. The number of nitrogens with one attached hydrogen (secondary N) is 1. The third-order valence-electron chi connectivity index (χ3n) is 4.03. The molecular formula is C16H21FN2O3. The fraction of sp³-hybridized carbons (Fsp3) is 0.562. The van der Waals surface area contributed by atoms with Gasteiger partial charge in [0.2, 0.25) is 0 Å². The number of likely N-dealkylation sites (tertiary alicyclic amines) is 1. The number of anilines is 1. The van der Waals surface area contributed by atoms with Crippen LogP contribution in [0.15, 0.2) is 18.2 Å². The van der Waals surface area contributed by atoms with Gasteiger partial charge in [-0.25, -0.2) is 9.18 Å². The quantitative estimate of drug-likeness (QED) is 0.930. The molecule has 0 saturated carbocycles. The standard InChI is InChI=1S/C16H21FN2O3/c17-12-5-6-15(22-11-13-4-3-9-21-13)14(10-12)18-16(20)19-7-1-2-8-19/h5-6,10,13H,1-4,7-9,11H2,(H,18,20). The molecule has 5 nitrogen and oxygen atoms in total.